The van der Waals surface area contributed by atoms with E-state index in [1.54, 1.807) is 0 Å². The van der Waals surface area contributed by atoms with E-state index in [2.05, 4.69) is 95.9 Å². The first-order valence-electron chi connectivity index (χ1n) is 9.99. The van der Waals surface area contributed by atoms with E-state index in [9.17, 15) is 0 Å². The summed E-state index contributed by atoms with van der Waals surface area (Å²) in [6, 6.07) is 32.9. The standard InChI is InChI=1S/C25H28N2/c26-24-18-10-11-19-27(20-24)25(21-12-4-1-5-13-21,22-14-6-2-7-15-22)23-16-8-3-9-17-23/h1-9,12-17,24H,10-11,18-20,26H2. The van der Waals surface area contributed by atoms with Crippen LogP contribution in [0.4, 0.5) is 0 Å². The molecule has 3 aromatic carbocycles. The Morgan fingerprint density at radius 2 is 1.11 bits per heavy atom. The summed E-state index contributed by atoms with van der Waals surface area (Å²) in [5.41, 5.74) is 10.1. The van der Waals surface area contributed by atoms with Gasteiger partial charge in [0.1, 0.15) is 0 Å². The van der Waals surface area contributed by atoms with Crippen molar-refractivity contribution in [2.45, 2.75) is 30.8 Å². The van der Waals surface area contributed by atoms with Crippen molar-refractivity contribution in [3.8, 4) is 0 Å². The van der Waals surface area contributed by atoms with Gasteiger partial charge in [0, 0.05) is 12.6 Å². The molecule has 1 unspecified atom stereocenters. The zero-order valence-corrected chi connectivity index (χ0v) is 15.8. The first-order valence-corrected chi connectivity index (χ1v) is 9.99. The van der Waals surface area contributed by atoms with E-state index in [-0.39, 0.29) is 11.6 Å². The van der Waals surface area contributed by atoms with Gasteiger partial charge in [-0.3, -0.25) is 4.90 Å². The van der Waals surface area contributed by atoms with Crippen LogP contribution in [-0.4, -0.2) is 24.0 Å². The minimum Gasteiger partial charge on any atom is -0.327 e. The average Bonchev–Trinajstić information content (AvgIpc) is 2.96. The summed E-state index contributed by atoms with van der Waals surface area (Å²) < 4.78 is 0. The van der Waals surface area contributed by atoms with E-state index in [1.807, 2.05) is 0 Å². The van der Waals surface area contributed by atoms with Gasteiger partial charge in [-0.1, -0.05) is 97.4 Å². The van der Waals surface area contributed by atoms with Crippen LogP contribution >= 0.6 is 0 Å². The van der Waals surface area contributed by atoms with Gasteiger partial charge in [-0.05, 0) is 36.1 Å². The topological polar surface area (TPSA) is 29.3 Å². The van der Waals surface area contributed by atoms with E-state index < -0.39 is 0 Å². The summed E-state index contributed by atoms with van der Waals surface area (Å²) in [6.07, 6.45) is 3.49. The maximum atomic E-state index is 6.51. The molecule has 0 aromatic heterocycles. The molecule has 0 spiro atoms. The smallest absolute Gasteiger partial charge is 0.0973 e. The number of nitrogens with two attached hydrogens (primary N) is 1. The van der Waals surface area contributed by atoms with Crippen LogP contribution in [0.25, 0.3) is 0 Å². The summed E-state index contributed by atoms with van der Waals surface area (Å²) in [5.74, 6) is 0. The first-order chi connectivity index (χ1) is 13.3. The average molecular weight is 357 g/mol. The Balaban J connectivity index is 2.00. The SMILES string of the molecule is NC1CCCCN(C(c2ccccc2)(c2ccccc2)c2ccccc2)C1. The van der Waals surface area contributed by atoms with Crippen LogP contribution in [0.1, 0.15) is 36.0 Å². The van der Waals surface area contributed by atoms with Crippen LogP contribution in [0.5, 0.6) is 0 Å². The summed E-state index contributed by atoms with van der Waals surface area (Å²) in [6.45, 7) is 1.95. The lowest BCUT2D eigenvalue weighted by molar-refractivity contribution is 0.156. The molecule has 27 heavy (non-hydrogen) atoms. The van der Waals surface area contributed by atoms with Crippen molar-refractivity contribution < 1.29 is 0 Å². The van der Waals surface area contributed by atoms with Gasteiger partial charge >= 0.3 is 0 Å². The Kier molecular flexibility index (Phi) is 5.38. The Morgan fingerprint density at radius 3 is 1.56 bits per heavy atom. The highest BCUT2D eigenvalue weighted by Crippen LogP contribution is 2.43. The van der Waals surface area contributed by atoms with Gasteiger partial charge in [-0.2, -0.15) is 0 Å². The van der Waals surface area contributed by atoms with Gasteiger partial charge in [0.25, 0.3) is 0 Å². The molecule has 0 aliphatic carbocycles. The largest absolute Gasteiger partial charge is 0.327 e. The second-order valence-electron chi connectivity index (χ2n) is 7.51. The van der Waals surface area contributed by atoms with Crippen LogP contribution in [0.15, 0.2) is 91.0 Å². The molecule has 3 aromatic rings. The second kappa shape index (κ2) is 8.08. The number of benzene rings is 3. The Morgan fingerprint density at radius 1 is 0.667 bits per heavy atom. The molecule has 1 aliphatic heterocycles. The zero-order chi connectivity index (χ0) is 18.5. The fraction of sp³-hybridized carbons (Fsp3) is 0.280. The fourth-order valence-electron chi connectivity index (χ4n) is 4.57. The number of hydrogen-bond donors (Lipinski definition) is 1. The highest BCUT2D eigenvalue weighted by Gasteiger charge is 2.42. The van der Waals surface area contributed by atoms with E-state index in [0.717, 1.165) is 19.5 Å². The third-order valence-electron chi connectivity index (χ3n) is 5.76. The molecular weight excluding hydrogens is 328 g/mol. The Hall–Kier alpha value is -2.42. The molecule has 2 heteroatoms. The number of hydrogen-bond acceptors (Lipinski definition) is 2. The molecule has 4 rings (SSSR count). The van der Waals surface area contributed by atoms with Gasteiger partial charge < -0.3 is 5.73 Å². The summed E-state index contributed by atoms with van der Waals surface area (Å²) in [4.78, 5) is 2.62. The molecule has 0 bridgehead atoms. The highest BCUT2D eigenvalue weighted by molar-refractivity contribution is 5.49. The molecule has 2 nitrogen and oxygen atoms in total. The van der Waals surface area contributed by atoms with Crippen molar-refractivity contribution in [2.75, 3.05) is 13.1 Å². The molecular formula is C25H28N2. The number of nitrogens with zero attached hydrogens (tertiary/aromatic N) is 1. The van der Waals surface area contributed by atoms with Crippen LogP contribution in [-0.2, 0) is 5.54 Å². The zero-order valence-electron chi connectivity index (χ0n) is 15.8. The number of rotatable bonds is 4. The molecule has 138 valence electrons. The fourth-order valence-corrected chi connectivity index (χ4v) is 4.57. The van der Waals surface area contributed by atoms with Crippen molar-refractivity contribution in [1.29, 1.82) is 0 Å². The quantitative estimate of drug-likeness (QED) is 0.681. The predicted molar refractivity (Wildman–Crippen MR) is 113 cm³/mol. The lowest BCUT2D eigenvalue weighted by atomic mass is 9.75. The van der Waals surface area contributed by atoms with E-state index in [0.29, 0.717) is 0 Å². The molecule has 1 fully saturated rings. The maximum Gasteiger partial charge on any atom is 0.0973 e. The van der Waals surface area contributed by atoms with Crippen molar-refractivity contribution in [1.82, 2.24) is 4.90 Å². The first kappa shape index (κ1) is 18.0. The van der Waals surface area contributed by atoms with Gasteiger partial charge in [0.05, 0.1) is 5.54 Å². The van der Waals surface area contributed by atoms with Crippen molar-refractivity contribution in [3.63, 3.8) is 0 Å². The lowest BCUT2D eigenvalue weighted by Gasteiger charge is -2.46. The second-order valence-corrected chi connectivity index (χ2v) is 7.51. The molecule has 1 heterocycles. The predicted octanol–water partition coefficient (Wildman–Crippen LogP) is 4.79. The van der Waals surface area contributed by atoms with Crippen molar-refractivity contribution in [3.05, 3.63) is 108 Å². The summed E-state index contributed by atoms with van der Waals surface area (Å²) >= 11 is 0. The van der Waals surface area contributed by atoms with Crippen LogP contribution in [0.3, 0.4) is 0 Å². The number of likely N-dealkylation sites (tertiary alicyclic amines) is 1. The van der Waals surface area contributed by atoms with Crippen molar-refractivity contribution >= 4 is 0 Å². The van der Waals surface area contributed by atoms with Gasteiger partial charge in [0.15, 0.2) is 0 Å². The molecule has 1 saturated heterocycles. The summed E-state index contributed by atoms with van der Waals surface area (Å²) in [5, 5.41) is 0. The lowest BCUT2D eigenvalue weighted by Crippen LogP contribution is -2.51. The molecule has 1 aliphatic rings. The minimum absolute atomic E-state index is 0.211. The maximum absolute atomic E-state index is 6.51. The summed E-state index contributed by atoms with van der Waals surface area (Å²) in [7, 11) is 0. The third kappa shape index (κ3) is 3.43. The molecule has 0 radical (unpaired) electrons. The normalized spacial score (nSPS) is 18.8. The third-order valence-corrected chi connectivity index (χ3v) is 5.76. The monoisotopic (exact) mass is 356 g/mol. The van der Waals surface area contributed by atoms with Gasteiger partial charge in [-0.25, -0.2) is 0 Å². The van der Waals surface area contributed by atoms with Crippen LogP contribution in [0, 0.1) is 0 Å². The molecule has 0 amide bonds. The Labute approximate surface area is 162 Å². The van der Waals surface area contributed by atoms with Gasteiger partial charge in [-0.15, -0.1) is 0 Å². The van der Waals surface area contributed by atoms with E-state index in [1.165, 1.54) is 29.5 Å². The van der Waals surface area contributed by atoms with Crippen LogP contribution < -0.4 is 5.73 Å². The van der Waals surface area contributed by atoms with E-state index >= 15 is 0 Å². The minimum atomic E-state index is -0.328. The molecule has 0 saturated carbocycles. The van der Waals surface area contributed by atoms with Crippen molar-refractivity contribution in [2.24, 2.45) is 5.73 Å². The molecule has 2 N–H and O–H groups in total. The van der Waals surface area contributed by atoms with Gasteiger partial charge in [0.2, 0.25) is 0 Å². The van der Waals surface area contributed by atoms with Crippen LogP contribution in [0.2, 0.25) is 0 Å². The molecule has 1 atom stereocenters. The Bertz CT molecular complexity index is 733. The highest BCUT2D eigenvalue weighted by atomic mass is 15.2. The van der Waals surface area contributed by atoms with E-state index in [4.69, 9.17) is 5.73 Å².